The molecule has 1 aromatic carbocycles. The summed E-state index contributed by atoms with van der Waals surface area (Å²) in [4.78, 5) is 16.5. The number of nitrogens with zero attached hydrogens (tertiary/aromatic N) is 3. The van der Waals surface area contributed by atoms with Crippen molar-refractivity contribution in [3.05, 3.63) is 53.4 Å². The average molecular weight is 342 g/mol. The summed E-state index contributed by atoms with van der Waals surface area (Å²) in [6.45, 7) is 8.63. The molecule has 2 amide bonds. The first-order valence-corrected chi connectivity index (χ1v) is 8.84. The third kappa shape index (κ3) is 4.82. The molecule has 0 saturated carbocycles. The van der Waals surface area contributed by atoms with Crippen molar-refractivity contribution in [3.63, 3.8) is 0 Å². The SMILES string of the molecule is Cc1cc(CN2CCN(C(=O)NCC(C)c3ccccc3)CC2)on1. The van der Waals surface area contributed by atoms with Crippen molar-refractivity contribution in [2.24, 2.45) is 0 Å². The van der Waals surface area contributed by atoms with E-state index in [1.54, 1.807) is 0 Å². The Morgan fingerprint density at radius 2 is 1.96 bits per heavy atom. The first-order chi connectivity index (χ1) is 12.1. The lowest BCUT2D eigenvalue weighted by Gasteiger charge is -2.34. The van der Waals surface area contributed by atoms with Crippen LogP contribution in [-0.4, -0.2) is 53.7 Å². The number of rotatable bonds is 5. The largest absolute Gasteiger partial charge is 0.360 e. The van der Waals surface area contributed by atoms with Crippen LogP contribution in [0.15, 0.2) is 40.9 Å². The van der Waals surface area contributed by atoms with Gasteiger partial charge in [0.05, 0.1) is 12.2 Å². The zero-order valence-electron chi connectivity index (χ0n) is 14.9. The first-order valence-electron chi connectivity index (χ1n) is 8.84. The second-order valence-electron chi connectivity index (χ2n) is 6.70. The Morgan fingerprint density at radius 1 is 1.24 bits per heavy atom. The number of carbonyl (C=O) groups excluding carboxylic acids is 1. The van der Waals surface area contributed by atoms with Gasteiger partial charge in [-0.2, -0.15) is 0 Å². The number of urea groups is 1. The number of hydrogen-bond acceptors (Lipinski definition) is 4. The summed E-state index contributed by atoms with van der Waals surface area (Å²) in [7, 11) is 0. The second kappa shape index (κ2) is 8.16. The van der Waals surface area contributed by atoms with Crippen molar-refractivity contribution < 1.29 is 9.32 Å². The molecule has 6 nitrogen and oxygen atoms in total. The molecule has 0 radical (unpaired) electrons. The van der Waals surface area contributed by atoms with E-state index in [0.29, 0.717) is 12.5 Å². The van der Waals surface area contributed by atoms with Gasteiger partial charge in [-0.05, 0) is 18.4 Å². The normalized spacial score (nSPS) is 16.6. The highest BCUT2D eigenvalue weighted by Crippen LogP contribution is 2.14. The van der Waals surface area contributed by atoms with Crippen molar-refractivity contribution >= 4 is 6.03 Å². The molecule has 1 fully saturated rings. The predicted octanol–water partition coefficient (Wildman–Crippen LogP) is 2.61. The van der Waals surface area contributed by atoms with E-state index in [0.717, 1.165) is 44.2 Å². The van der Waals surface area contributed by atoms with E-state index >= 15 is 0 Å². The van der Waals surface area contributed by atoms with E-state index in [4.69, 9.17) is 4.52 Å². The van der Waals surface area contributed by atoms with E-state index in [1.165, 1.54) is 5.56 Å². The number of aryl methyl sites for hydroxylation is 1. The lowest BCUT2D eigenvalue weighted by atomic mass is 10.0. The Labute approximate surface area is 148 Å². The van der Waals surface area contributed by atoms with Crippen LogP contribution in [0.25, 0.3) is 0 Å². The third-order valence-corrected chi connectivity index (χ3v) is 4.64. The Morgan fingerprint density at radius 3 is 2.60 bits per heavy atom. The highest BCUT2D eigenvalue weighted by Gasteiger charge is 2.22. The number of carbonyl (C=O) groups is 1. The lowest BCUT2D eigenvalue weighted by Crippen LogP contribution is -2.51. The summed E-state index contributed by atoms with van der Waals surface area (Å²) < 4.78 is 5.26. The van der Waals surface area contributed by atoms with Gasteiger partial charge in [-0.3, -0.25) is 4.90 Å². The highest BCUT2D eigenvalue weighted by molar-refractivity contribution is 5.74. The van der Waals surface area contributed by atoms with Crippen LogP contribution in [0.5, 0.6) is 0 Å². The Bertz CT molecular complexity index is 678. The molecule has 25 heavy (non-hydrogen) atoms. The molecule has 3 rings (SSSR count). The highest BCUT2D eigenvalue weighted by atomic mass is 16.5. The van der Waals surface area contributed by atoms with Gasteiger partial charge in [0.1, 0.15) is 0 Å². The molecule has 1 aliphatic rings. The summed E-state index contributed by atoms with van der Waals surface area (Å²) in [5.74, 6) is 1.19. The molecule has 1 N–H and O–H groups in total. The van der Waals surface area contributed by atoms with Crippen LogP contribution < -0.4 is 5.32 Å². The van der Waals surface area contributed by atoms with E-state index in [1.807, 2.05) is 36.1 Å². The van der Waals surface area contributed by atoms with Crippen molar-refractivity contribution in [1.82, 2.24) is 20.3 Å². The summed E-state index contributed by atoms with van der Waals surface area (Å²) in [5.41, 5.74) is 2.15. The van der Waals surface area contributed by atoms with Gasteiger partial charge in [-0.15, -0.1) is 0 Å². The van der Waals surface area contributed by atoms with Crippen LogP contribution in [0, 0.1) is 6.92 Å². The molecule has 6 heteroatoms. The van der Waals surface area contributed by atoms with Gasteiger partial charge in [0, 0.05) is 38.8 Å². The molecule has 0 spiro atoms. The summed E-state index contributed by atoms with van der Waals surface area (Å²) >= 11 is 0. The number of amides is 2. The second-order valence-corrected chi connectivity index (χ2v) is 6.70. The molecule has 2 aromatic rings. The topological polar surface area (TPSA) is 61.6 Å². The molecule has 1 unspecified atom stereocenters. The van der Waals surface area contributed by atoms with Gasteiger partial charge >= 0.3 is 6.03 Å². The Hall–Kier alpha value is -2.34. The molecular weight excluding hydrogens is 316 g/mol. The van der Waals surface area contributed by atoms with Crippen molar-refractivity contribution in [2.45, 2.75) is 26.3 Å². The summed E-state index contributed by atoms with van der Waals surface area (Å²) in [6.07, 6.45) is 0. The molecule has 1 saturated heterocycles. The average Bonchev–Trinajstić information content (AvgIpc) is 3.05. The molecule has 1 aromatic heterocycles. The van der Waals surface area contributed by atoms with Gasteiger partial charge < -0.3 is 14.7 Å². The molecule has 134 valence electrons. The van der Waals surface area contributed by atoms with Crippen molar-refractivity contribution in [2.75, 3.05) is 32.7 Å². The van der Waals surface area contributed by atoms with Crippen LogP contribution >= 0.6 is 0 Å². The molecule has 0 aliphatic carbocycles. The fraction of sp³-hybridized carbons (Fsp3) is 0.474. The fourth-order valence-electron chi connectivity index (χ4n) is 3.07. The van der Waals surface area contributed by atoms with Crippen molar-refractivity contribution in [3.8, 4) is 0 Å². The van der Waals surface area contributed by atoms with Gasteiger partial charge in [-0.25, -0.2) is 4.79 Å². The van der Waals surface area contributed by atoms with Gasteiger partial charge in [0.2, 0.25) is 0 Å². The van der Waals surface area contributed by atoms with Gasteiger partial charge in [-0.1, -0.05) is 42.4 Å². The number of hydrogen-bond donors (Lipinski definition) is 1. The van der Waals surface area contributed by atoms with E-state index in [-0.39, 0.29) is 6.03 Å². The van der Waals surface area contributed by atoms with Crippen LogP contribution in [0.3, 0.4) is 0 Å². The minimum atomic E-state index is 0.0259. The maximum absolute atomic E-state index is 12.4. The van der Waals surface area contributed by atoms with E-state index < -0.39 is 0 Å². The van der Waals surface area contributed by atoms with Gasteiger partial charge in [0.25, 0.3) is 0 Å². The Balaban J connectivity index is 1.41. The zero-order valence-corrected chi connectivity index (χ0v) is 14.9. The van der Waals surface area contributed by atoms with Gasteiger partial charge in [0.15, 0.2) is 5.76 Å². The molecule has 2 heterocycles. The summed E-state index contributed by atoms with van der Waals surface area (Å²) in [5, 5.41) is 6.97. The quantitative estimate of drug-likeness (QED) is 0.907. The number of nitrogens with one attached hydrogen (secondary N) is 1. The predicted molar refractivity (Wildman–Crippen MR) is 96.3 cm³/mol. The molecule has 0 bridgehead atoms. The van der Waals surface area contributed by atoms with Crippen LogP contribution in [0.2, 0.25) is 0 Å². The number of benzene rings is 1. The van der Waals surface area contributed by atoms with Crippen LogP contribution in [-0.2, 0) is 6.54 Å². The zero-order chi connectivity index (χ0) is 17.6. The molecule has 1 aliphatic heterocycles. The number of piperazine rings is 1. The number of aromatic nitrogens is 1. The monoisotopic (exact) mass is 342 g/mol. The lowest BCUT2D eigenvalue weighted by molar-refractivity contribution is 0.128. The maximum atomic E-state index is 12.4. The summed E-state index contributed by atoms with van der Waals surface area (Å²) in [6, 6.07) is 12.3. The van der Waals surface area contributed by atoms with Crippen LogP contribution in [0.1, 0.15) is 29.9 Å². The first kappa shape index (κ1) is 17.5. The molecule has 1 atom stereocenters. The van der Waals surface area contributed by atoms with E-state index in [9.17, 15) is 4.79 Å². The minimum Gasteiger partial charge on any atom is -0.360 e. The smallest absolute Gasteiger partial charge is 0.317 e. The van der Waals surface area contributed by atoms with Crippen LogP contribution in [0.4, 0.5) is 4.79 Å². The Kier molecular flexibility index (Phi) is 5.71. The third-order valence-electron chi connectivity index (χ3n) is 4.64. The maximum Gasteiger partial charge on any atom is 0.317 e. The molecular formula is C19H26N4O2. The standard InChI is InChI=1S/C19H26N4O2/c1-15(17-6-4-3-5-7-17)13-20-19(24)23-10-8-22(9-11-23)14-18-12-16(2)21-25-18/h3-7,12,15H,8-11,13-14H2,1-2H3,(H,20,24). The van der Waals surface area contributed by atoms with Crippen molar-refractivity contribution in [1.29, 1.82) is 0 Å². The fourth-order valence-corrected chi connectivity index (χ4v) is 3.07. The minimum absolute atomic E-state index is 0.0259. The van der Waals surface area contributed by atoms with E-state index in [2.05, 4.69) is 34.4 Å².